The smallest absolute Gasteiger partial charge is 0.387 e. The molecule has 0 spiro atoms. The van der Waals surface area contributed by atoms with Gasteiger partial charge in [-0.25, -0.2) is 0 Å². The van der Waals surface area contributed by atoms with Crippen LogP contribution in [0.25, 0.3) is 0 Å². The number of alkyl halides is 2. The Labute approximate surface area is 86.9 Å². The van der Waals surface area contributed by atoms with Gasteiger partial charge in [0, 0.05) is 0 Å². The molecule has 0 aliphatic heterocycles. The molecule has 2 nitrogen and oxygen atoms in total. The lowest BCUT2D eigenvalue weighted by atomic mass is 10.0. The van der Waals surface area contributed by atoms with Crippen LogP contribution in [0.5, 0.6) is 5.75 Å². The van der Waals surface area contributed by atoms with E-state index in [9.17, 15) is 13.6 Å². The Kier molecular flexibility index (Phi) is 3.39. The highest BCUT2D eigenvalue weighted by molar-refractivity contribution is 5.98. The van der Waals surface area contributed by atoms with Gasteiger partial charge in [0.05, 0.1) is 5.56 Å². The minimum Gasteiger partial charge on any atom is -0.434 e. The fourth-order valence-electron chi connectivity index (χ4n) is 1.46. The van der Waals surface area contributed by atoms with Gasteiger partial charge < -0.3 is 4.74 Å². The van der Waals surface area contributed by atoms with Crippen LogP contribution in [0.4, 0.5) is 8.78 Å². The molecule has 0 saturated carbocycles. The van der Waals surface area contributed by atoms with Gasteiger partial charge >= 0.3 is 6.61 Å². The monoisotopic (exact) mass is 214 g/mol. The summed E-state index contributed by atoms with van der Waals surface area (Å²) in [7, 11) is 0. The number of hydrogen-bond donors (Lipinski definition) is 0. The van der Waals surface area contributed by atoms with Crippen LogP contribution in [0.1, 0.15) is 28.4 Å². The van der Waals surface area contributed by atoms with Gasteiger partial charge in [0.2, 0.25) is 0 Å². The highest BCUT2D eigenvalue weighted by Gasteiger charge is 2.17. The number of carbonyl (C=O) groups excluding carboxylic acids is 1. The minimum atomic E-state index is -2.91. The summed E-state index contributed by atoms with van der Waals surface area (Å²) < 4.78 is 28.6. The van der Waals surface area contributed by atoms with Crippen molar-refractivity contribution in [3.05, 3.63) is 28.8 Å². The lowest BCUT2D eigenvalue weighted by Crippen LogP contribution is -2.09. The molecule has 82 valence electrons. The number of ketones is 1. The number of aryl methyl sites for hydroxylation is 2. The van der Waals surface area contributed by atoms with E-state index in [1.54, 1.807) is 26.0 Å². The molecule has 0 aliphatic carbocycles. The summed E-state index contributed by atoms with van der Waals surface area (Å²) in [5, 5.41) is 0. The van der Waals surface area contributed by atoms with Crippen LogP contribution in [0.3, 0.4) is 0 Å². The summed E-state index contributed by atoms with van der Waals surface area (Å²) in [4.78, 5) is 11.3. The molecule has 0 bridgehead atoms. The molecule has 0 unspecified atom stereocenters. The molecular formula is C11H12F2O2. The average molecular weight is 214 g/mol. The Morgan fingerprint density at radius 3 is 2.27 bits per heavy atom. The first kappa shape index (κ1) is 11.6. The van der Waals surface area contributed by atoms with Gasteiger partial charge in [-0.05, 0) is 31.9 Å². The first-order valence-corrected chi connectivity index (χ1v) is 4.49. The van der Waals surface area contributed by atoms with Crippen molar-refractivity contribution in [2.75, 3.05) is 0 Å². The molecule has 0 N–H and O–H groups in total. The molecule has 0 amide bonds. The van der Waals surface area contributed by atoms with Crippen LogP contribution < -0.4 is 4.74 Å². The zero-order chi connectivity index (χ0) is 11.6. The van der Waals surface area contributed by atoms with E-state index in [1.165, 1.54) is 6.92 Å². The molecule has 1 rings (SSSR count). The third-order valence-corrected chi connectivity index (χ3v) is 2.12. The quantitative estimate of drug-likeness (QED) is 0.722. The van der Waals surface area contributed by atoms with Crippen LogP contribution in [0.15, 0.2) is 12.1 Å². The van der Waals surface area contributed by atoms with E-state index in [2.05, 4.69) is 4.74 Å². The average Bonchev–Trinajstić information content (AvgIpc) is 2.10. The van der Waals surface area contributed by atoms with Crippen LogP contribution in [0, 0.1) is 13.8 Å². The molecule has 0 fully saturated rings. The van der Waals surface area contributed by atoms with E-state index in [1.807, 2.05) is 0 Å². The van der Waals surface area contributed by atoms with E-state index < -0.39 is 6.61 Å². The molecule has 1 aromatic rings. The SMILES string of the molecule is CC(=O)c1c(C)ccc(C)c1OC(F)F. The van der Waals surface area contributed by atoms with Gasteiger partial charge in [-0.15, -0.1) is 0 Å². The van der Waals surface area contributed by atoms with Gasteiger partial charge in [0.15, 0.2) is 5.78 Å². The van der Waals surface area contributed by atoms with Gasteiger partial charge in [0.1, 0.15) is 5.75 Å². The molecule has 0 aromatic heterocycles. The second-order valence-corrected chi connectivity index (χ2v) is 3.34. The number of halogens is 2. The standard InChI is InChI=1S/C11H12F2O2/c1-6-4-5-7(2)10(15-11(12)13)9(6)8(3)14/h4-5,11H,1-3H3. The van der Waals surface area contributed by atoms with Crippen LogP contribution in [0.2, 0.25) is 0 Å². The Morgan fingerprint density at radius 1 is 1.27 bits per heavy atom. The summed E-state index contributed by atoms with van der Waals surface area (Å²) >= 11 is 0. The topological polar surface area (TPSA) is 26.3 Å². The van der Waals surface area contributed by atoms with E-state index >= 15 is 0 Å². The summed E-state index contributed by atoms with van der Waals surface area (Å²) in [6, 6.07) is 3.36. The maximum absolute atomic E-state index is 12.1. The molecule has 0 saturated heterocycles. The zero-order valence-corrected chi connectivity index (χ0v) is 8.80. The Hall–Kier alpha value is -1.45. The molecule has 0 heterocycles. The number of Topliss-reactive ketones (excluding diaryl/α,β-unsaturated/α-hetero) is 1. The van der Waals surface area contributed by atoms with Crippen molar-refractivity contribution in [1.82, 2.24) is 0 Å². The third kappa shape index (κ3) is 2.52. The highest BCUT2D eigenvalue weighted by atomic mass is 19.3. The molecule has 15 heavy (non-hydrogen) atoms. The van der Waals surface area contributed by atoms with Crippen LogP contribution in [-0.4, -0.2) is 12.4 Å². The molecule has 0 radical (unpaired) electrons. The van der Waals surface area contributed by atoms with Crippen molar-refractivity contribution in [2.24, 2.45) is 0 Å². The van der Waals surface area contributed by atoms with Gasteiger partial charge in [-0.2, -0.15) is 8.78 Å². The van der Waals surface area contributed by atoms with Crippen molar-refractivity contribution >= 4 is 5.78 Å². The van der Waals surface area contributed by atoms with E-state index in [-0.39, 0.29) is 17.1 Å². The van der Waals surface area contributed by atoms with Gasteiger partial charge in [-0.1, -0.05) is 12.1 Å². The Bertz CT molecular complexity index is 386. The normalized spacial score (nSPS) is 10.5. The summed E-state index contributed by atoms with van der Waals surface area (Å²) in [5.74, 6) is -0.288. The zero-order valence-electron chi connectivity index (χ0n) is 8.80. The van der Waals surface area contributed by atoms with E-state index in [0.717, 1.165) is 0 Å². The van der Waals surface area contributed by atoms with Gasteiger partial charge in [0.25, 0.3) is 0 Å². The van der Waals surface area contributed by atoms with E-state index in [0.29, 0.717) is 11.1 Å². The number of benzene rings is 1. The van der Waals surface area contributed by atoms with E-state index in [4.69, 9.17) is 0 Å². The third-order valence-electron chi connectivity index (χ3n) is 2.12. The first-order valence-electron chi connectivity index (χ1n) is 4.49. The molecular weight excluding hydrogens is 202 g/mol. The minimum absolute atomic E-state index is 0.0162. The predicted molar refractivity (Wildman–Crippen MR) is 52.6 cm³/mol. The lowest BCUT2D eigenvalue weighted by molar-refractivity contribution is -0.0506. The largest absolute Gasteiger partial charge is 0.434 e. The van der Waals surface area contributed by atoms with Crippen molar-refractivity contribution in [2.45, 2.75) is 27.4 Å². The first-order chi connectivity index (χ1) is 6.93. The lowest BCUT2D eigenvalue weighted by Gasteiger charge is -2.13. The maximum Gasteiger partial charge on any atom is 0.387 e. The maximum atomic E-state index is 12.1. The second kappa shape index (κ2) is 4.38. The fourth-order valence-corrected chi connectivity index (χ4v) is 1.46. The number of rotatable bonds is 3. The fraction of sp³-hybridized carbons (Fsp3) is 0.364. The van der Waals surface area contributed by atoms with Crippen molar-refractivity contribution in [3.63, 3.8) is 0 Å². The Balaban J connectivity index is 3.31. The van der Waals surface area contributed by atoms with Crippen molar-refractivity contribution in [1.29, 1.82) is 0 Å². The number of hydrogen-bond acceptors (Lipinski definition) is 2. The van der Waals surface area contributed by atoms with Crippen LogP contribution in [-0.2, 0) is 0 Å². The van der Waals surface area contributed by atoms with Crippen molar-refractivity contribution in [3.8, 4) is 5.75 Å². The molecule has 0 atom stereocenters. The number of carbonyl (C=O) groups is 1. The Morgan fingerprint density at radius 2 is 1.80 bits per heavy atom. The second-order valence-electron chi connectivity index (χ2n) is 3.34. The summed E-state index contributed by atoms with van der Waals surface area (Å²) in [6.45, 7) is 1.74. The highest BCUT2D eigenvalue weighted by Crippen LogP contribution is 2.28. The van der Waals surface area contributed by atoms with Crippen LogP contribution >= 0.6 is 0 Å². The molecule has 4 heteroatoms. The molecule has 0 aliphatic rings. The van der Waals surface area contributed by atoms with Crippen molar-refractivity contribution < 1.29 is 18.3 Å². The molecule has 1 aromatic carbocycles. The summed E-state index contributed by atoms with van der Waals surface area (Å²) in [6.07, 6.45) is 0. The van der Waals surface area contributed by atoms with Gasteiger partial charge in [-0.3, -0.25) is 4.79 Å². The number of ether oxygens (including phenoxy) is 1. The predicted octanol–water partition coefficient (Wildman–Crippen LogP) is 3.11. The summed E-state index contributed by atoms with van der Waals surface area (Å²) in [5.41, 5.74) is 1.41.